The summed E-state index contributed by atoms with van der Waals surface area (Å²) in [4.78, 5) is 0. The zero-order chi connectivity index (χ0) is 9.84. The highest BCUT2D eigenvalue weighted by Crippen LogP contribution is 2.26. The predicted molar refractivity (Wildman–Crippen MR) is 50.1 cm³/mol. The molecule has 0 amide bonds. The van der Waals surface area contributed by atoms with Gasteiger partial charge >= 0.3 is 0 Å². The second-order valence-electron chi connectivity index (χ2n) is 2.76. The van der Waals surface area contributed by atoms with Crippen LogP contribution in [-0.2, 0) is 0 Å². The highest BCUT2D eigenvalue weighted by molar-refractivity contribution is 6.31. The number of nitrogens with zero attached hydrogens (tertiary/aromatic N) is 1. The molecule has 0 fully saturated rings. The van der Waals surface area contributed by atoms with Gasteiger partial charge in [-0.2, -0.15) is 5.26 Å². The molecule has 0 aliphatic heterocycles. The van der Waals surface area contributed by atoms with E-state index < -0.39 is 0 Å². The van der Waals surface area contributed by atoms with Crippen molar-refractivity contribution < 1.29 is 4.39 Å². The van der Waals surface area contributed by atoms with Crippen LogP contribution >= 0.6 is 11.6 Å². The Hall–Kier alpha value is -1.07. The summed E-state index contributed by atoms with van der Waals surface area (Å²) >= 11 is 5.79. The minimum absolute atomic E-state index is 0.243. The maximum atomic E-state index is 12.7. The van der Waals surface area contributed by atoms with Crippen LogP contribution < -0.4 is 0 Å². The molecular weight excluding hydrogens is 189 g/mol. The van der Waals surface area contributed by atoms with Gasteiger partial charge in [0.1, 0.15) is 5.82 Å². The molecule has 13 heavy (non-hydrogen) atoms. The Bertz CT molecular complexity index is 343. The van der Waals surface area contributed by atoms with Crippen molar-refractivity contribution in [3.63, 3.8) is 0 Å². The van der Waals surface area contributed by atoms with Crippen molar-refractivity contribution in [2.24, 2.45) is 0 Å². The molecule has 68 valence electrons. The molecule has 0 aliphatic rings. The Kier molecular flexibility index (Phi) is 3.27. The van der Waals surface area contributed by atoms with Crippen molar-refractivity contribution in [2.75, 3.05) is 0 Å². The van der Waals surface area contributed by atoms with Gasteiger partial charge in [-0.3, -0.25) is 0 Å². The predicted octanol–water partition coefficient (Wildman–Crippen LogP) is 3.50. The van der Waals surface area contributed by atoms with E-state index in [-0.39, 0.29) is 11.7 Å². The minimum atomic E-state index is -0.374. The van der Waals surface area contributed by atoms with Gasteiger partial charge in [0.15, 0.2) is 0 Å². The minimum Gasteiger partial charge on any atom is -0.207 e. The van der Waals surface area contributed by atoms with Gasteiger partial charge in [0.05, 0.1) is 12.0 Å². The molecule has 1 atom stereocenters. The molecule has 0 saturated carbocycles. The fourth-order valence-corrected chi connectivity index (χ4v) is 1.46. The van der Waals surface area contributed by atoms with Gasteiger partial charge in [0.25, 0.3) is 0 Å². The van der Waals surface area contributed by atoms with Crippen LogP contribution in [0.4, 0.5) is 4.39 Å². The van der Waals surface area contributed by atoms with Crippen molar-refractivity contribution >= 4 is 11.6 Å². The first-order chi connectivity index (χ1) is 6.19. The number of halogens is 2. The molecule has 1 nitrogen and oxygen atoms in total. The molecule has 0 radical (unpaired) electrons. The monoisotopic (exact) mass is 197 g/mol. The number of hydrogen-bond acceptors (Lipinski definition) is 1. The molecule has 0 aliphatic carbocycles. The normalized spacial score (nSPS) is 12.2. The molecule has 0 N–H and O–H groups in total. The molecule has 0 bridgehead atoms. The second-order valence-corrected chi connectivity index (χ2v) is 3.16. The van der Waals surface area contributed by atoms with Crippen LogP contribution in [0, 0.1) is 17.1 Å². The van der Waals surface area contributed by atoms with E-state index in [0.717, 1.165) is 0 Å². The molecule has 1 unspecified atom stereocenters. The third-order valence-corrected chi connectivity index (χ3v) is 2.23. The van der Waals surface area contributed by atoms with Crippen LogP contribution in [0.25, 0.3) is 0 Å². The van der Waals surface area contributed by atoms with Gasteiger partial charge in [0.2, 0.25) is 0 Å². The van der Waals surface area contributed by atoms with Gasteiger partial charge in [-0.25, -0.2) is 4.39 Å². The SMILES string of the molecule is CCC(C#N)c1ccc(F)cc1Cl. The van der Waals surface area contributed by atoms with E-state index in [4.69, 9.17) is 16.9 Å². The first-order valence-corrected chi connectivity index (χ1v) is 4.41. The Morgan fingerprint density at radius 2 is 2.31 bits per heavy atom. The topological polar surface area (TPSA) is 23.8 Å². The molecule has 1 aromatic carbocycles. The zero-order valence-electron chi connectivity index (χ0n) is 7.22. The van der Waals surface area contributed by atoms with Gasteiger partial charge in [-0.05, 0) is 24.1 Å². The lowest BCUT2D eigenvalue weighted by Gasteiger charge is -2.07. The summed E-state index contributed by atoms with van der Waals surface area (Å²) in [5.74, 6) is -0.616. The molecule has 1 rings (SSSR count). The second kappa shape index (κ2) is 4.25. The van der Waals surface area contributed by atoms with E-state index >= 15 is 0 Å². The van der Waals surface area contributed by atoms with E-state index in [2.05, 4.69) is 6.07 Å². The van der Waals surface area contributed by atoms with Gasteiger partial charge in [-0.1, -0.05) is 24.6 Å². The Labute approximate surface area is 81.8 Å². The van der Waals surface area contributed by atoms with Crippen LogP contribution in [0.5, 0.6) is 0 Å². The molecule has 0 heterocycles. The highest BCUT2D eigenvalue weighted by Gasteiger charge is 2.11. The largest absolute Gasteiger partial charge is 0.207 e. The van der Waals surface area contributed by atoms with Crippen molar-refractivity contribution in [3.05, 3.63) is 34.6 Å². The summed E-state index contributed by atoms with van der Waals surface area (Å²) in [5.41, 5.74) is 0.702. The van der Waals surface area contributed by atoms with E-state index in [1.807, 2.05) is 6.92 Å². The van der Waals surface area contributed by atoms with Crippen LogP contribution in [-0.4, -0.2) is 0 Å². The summed E-state index contributed by atoms with van der Waals surface area (Å²) in [5, 5.41) is 9.10. The first-order valence-electron chi connectivity index (χ1n) is 4.03. The highest BCUT2D eigenvalue weighted by atomic mass is 35.5. The summed E-state index contributed by atoms with van der Waals surface area (Å²) < 4.78 is 12.7. The quantitative estimate of drug-likeness (QED) is 0.712. The van der Waals surface area contributed by atoms with Crippen molar-refractivity contribution in [1.29, 1.82) is 5.26 Å². The fraction of sp³-hybridized carbons (Fsp3) is 0.300. The van der Waals surface area contributed by atoms with Crippen molar-refractivity contribution in [3.8, 4) is 6.07 Å². The van der Waals surface area contributed by atoms with Crippen LogP contribution in [0.2, 0.25) is 5.02 Å². The van der Waals surface area contributed by atoms with Crippen molar-refractivity contribution in [1.82, 2.24) is 0 Å². The molecular formula is C10H9ClFN. The number of hydrogen-bond donors (Lipinski definition) is 0. The zero-order valence-corrected chi connectivity index (χ0v) is 7.98. The Balaban J connectivity index is 3.09. The fourth-order valence-electron chi connectivity index (χ4n) is 1.16. The molecule has 1 aromatic rings. The smallest absolute Gasteiger partial charge is 0.124 e. The lowest BCUT2D eigenvalue weighted by Crippen LogP contribution is -1.95. The van der Waals surface area contributed by atoms with Crippen molar-refractivity contribution in [2.45, 2.75) is 19.3 Å². The van der Waals surface area contributed by atoms with Gasteiger partial charge in [0, 0.05) is 5.02 Å². The van der Waals surface area contributed by atoms with E-state index in [1.165, 1.54) is 12.1 Å². The number of nitriles is 1. The number of benzene rings is 1. The third kappa shape index (κ3) is 2.19. The molecule has 0 aromatic heterocycles. The summed E-state index contributed by atoms with van der Waals surface area (Å²) in [6.07, 6.45) is 0.682. The first kappa shape index (κ1) is 10.0. The summed E-state index contributed by atoms with van der Waals surface area (Å²) in [6.45, 7) is 1.90. The van der Waals surface area contributed by atoms with Crippen LogP contribution in [0.15, 0.2) is 18.2 Å². The lowest BCUT2D eigenvalue weighted by molar-refractivity contribution is 0.626. The van der Waals surface area contributed by atoms with Gasteiger partial charge in [-0.15, -0.1) is 0 Å². The van der Waals surface area contributed by atoms with Crippen LogP contribution in [0.3, 0.4) is 0 Å². The average Bonchev–Trinajstić information content (AvgIpc) is 2.10. The summed E-state index contributed by atoms with van der Waals surface area (Å²) in [6, 6.07) is 6.24. The number of rotatable bonds is 2. The maximum absolute atomic E-state index is 12.7. The maximum Gasteiger partial charge on any atom is 0.124 e. The van der Waals surface area contributed by atoms with E-state index in [9.17, 15) is 4.39 Å². The summed E-state index contributed by atoms with van der Waals surface area (Å²) in [7, 11) is 0. The average molecular weight is 198 g/mol. The Morgan fingerprint density at radius 3 is 2.77 bits per heavy atom. The third-order valence-electron chi connectivity index (χ3n) is 1.90. The molecule has 0 spiro atoms. The standard InChI is InChI=1S/C10H9ClFN/c1-2-7(6-13)9-4-3-8(12)5-10(9)11/h3-5,7H,2H2,1H3. The van der Waals surface area contributed by atoms with Crippen LogP contribution in [0.1, 0.15) is 24.8 Å². The Morgan fingerprint density at radius 1 is 1.62 bits per heavy atom. The molecule has 3 heteroatoms. The van der Waals surface area contributed by atoms with E-state index in [0.29, 0.717) is 17.0 Å². The van der Waals surface area contributed by atoms with E-state index in [1.54, 1.807) is 6.07 Å². The lowest BCUT2D eigenvalue weighted by atomic mass is 9.98. The molecule has 0 saturated heterocycles. The van der Waals surface area contributed by atoms with Gasteiger partial charge < -0.3 is 0 Å².